The van der Waals surface area contributed by atoms with Crippen LogP contribution in [-0.2, 0) is 16.1 Å². The minimum Gasteiger partial charge on any atom is -0.481 e. The Kier molecular flexibility index (Phi) is 6.01. The molecule has 0 aromatic heterocycles. The number of aliphatic hydroxyl groups excluding tert-OH is 1. The van der Waals surface area contributed by atoms with Gasteiger partial charge in [-0.1, -0.05) is 11.6 Å². The van der Waals surface area contributed by atoms with E-state index in [1.807, 2.05) is 22.6 Å². The largest absolute Gasteiger partial charge is 0.481 e. The van der Waals surface area contributed by atoms with E-state index in [-0.39, 0.29) is 13.2 Å². The molecule has 1 aromatic rings. The number of ether oxygens (including phenoxy) is 2. The Morgan fingerprint density at radius 2 is 2.24 bits per heavy atom. The van der Waals surface area contributed by atoms with Crippen LogP contribution in [0.5, 0.6) is 5.75 Å². The van der Waals surface area contributed by atoms with Gasteiger partial charge in [-0.05, 0) is 41.6 Å². The molecule has 0 saturated heterocycles. The van der Waals surface area contributed by atoms with Crippen LogP contribution >= 0.6 is 34.2 Å². The van der Waals surface area contributed by atoms with Gasteiger partial charge < -0.3 is 14.6 Å². The van der Waals surface area contributed by atoms with Crippen LogP contribution in [0.3, 0.4) is 0 Å². The normalized spacial score (nSPS) is 10.1. The Morgan fingerprint density at radius 1 is 1.53 bits per heavy atom. The van der Waals surface area contributed by atoms with Gasteiger partial charge in [-0.3, -0.25) is 0 Å². The lowest BCUT2D eigenvalue weighted by atomic mass is 10.2. The van der Waals surface area contributed by atoms with E-state index in [4.69, 9.17) is 26.2 Å². The molecule has 1 aromatic carbocycles. The minimum absolute atomic E-state index is 0.182. The molecule has 17 heavy (non-hydrogen) atoms. The van der Waals surface area contributed by atoms with Crippen molar-refractivity contribution in [2.75, 3.05) is 13.2 Å². The number of aliphatic hydroxyl groups is 1. The number of hydrogen-bond donors (Lipinski definition) is 1. The topological polar surface area (TPSA) is 55.8 Å². The fraction of sp³-hybridized carbons (Fsp3) is 0.364. The van der Waals surface area contributed by atoms with E-state index < -0.39 is 5.97 Å². The van der Waals surface area contributed by atoms with Crippen LogP contribution < -0.4 is 4.74 Å². The Balaban J connectivity index is 2.76. The first-order chi connectivity index (χ1) is 8.08. The maximum atomic E-state index is 11.1. The van der Waals surface area contributed by atoms with E-state index in [9.17, 15) is 4.79 Å². The first-order valence-corrected chi connectivity index (χ1v) is 6.41. The molecule has 0 radical (unpaired) electrons. The van der Waals surface area contributed by atoms with Gasteiger partial charge in [-0.25, -0.2) is 4.79 Å². The molecule has 0 aliphatic carbocycles. The van der Waals surface area contributed by atoms with Crippen LogP contribution in [0.1, 0.15) is 12.5 Å². The monoisotopic (exact) mass is 370 g/mol. The zero-order valence-corrected chi connectivity index (χ0v) is 12.1. The Hall–Kier alpha value is -0.530. The lowest BCUT2D eigenvalue weighted by Gasteiger charge is -2.11. The highest BCUT2D eigenvalue weighted by Gasteiger charge is 2.10. The second-order valence-electron chi connectivity index (χ2n) is 3.13. The van der Waals surface area contributed by atoms with Gasteiger partial charge in [0.25, 0.3) is 0 Å². The summed E-state index contributed by atoms with van der Waals surface area (Å²) >= 11 is 7.96. The fourth-order valence-corrected chi connectivity index (χ4v) is 1.79. The molecular formula is C11H12ClIO4. The predicted molar refractivity (Wildman–Crippen MR) is 72.2 cm³/mol. The molecule has 0 heterocycles. The van der Waals surface area contributed by atoms with Crippen molar-refractivity contribution in [2.24, 2.45) is 0 Å². The summed E-state index contributed by atoms with van der Waals surface area (Å²) in [4.78, 5) is 11.1. The summed E-state index contributed by atoms with van der Waals surface area (Å²) in [6.07, 6.45) is 0. The van der Waals surface area contributed by atoms with Gasteiger partial charge >= 0.3 is 5.97 Å². The number of carbonyl (C=O) groups excluding carboxylic acids is 1. The fourth-order valence-electron chi connectivity index (χ4n) is 1.17. The van der Waals surface area contributed by atoms with Crippen molar-refractivity contribution in [3.8, 4) is 5.75 Å². The Morgan fingerprint density at radius 3 is 2.82 bits per heavy atom. The zero-order chi connectivity index (χ0) is 12.8. The van der Waals surface area contributed by atoms with E-state index in [0.29, 0.717) is 22.9 Å². The molecule has 1 rings (SSSR count). The van der Waals surface area contributed by atoms with Crippen molar-refractivity contribution in [1.82, 2.24) is 0 Å². The number of hydrogen-bond acceptors (Lipinski definition) is 4. The minimum atomic E-state index is -0.443. The third kappa shape index (κ3) is 4.33. The molecule has 1 N–H and O–H groups in total. The van der Waals surface area contributed by atoms with Gasteiger partial charge in [0.1, 0.15) is 5.75 Å². The smallest absolute Gasteiger partial charge is 0.344 e. The van der Waals surface area contributed by atoms with Crippen molar-refractivity contribution >= 4 is 40.2 Å². The second kappa shape index (κ2) is 7.03. The van der Waals surface area contributed by atoms with Crippen molar-refractivity contribution < 1.29 is 19.4 Å². The summed E-state index contributed by atoms with van der Waals surface area (Å²) in [5.41, 5.74) is 0.541. The maximum Gasteiger partial charge on any atom is 0.344 e. The molecule has 0 saturated carbocycles. The molecule has 0 unspecified atom stereocenters. The number of benzene rings is 1. The summed E-state index contributed by atoms with van der Waals surface area (Å²) in [5.74, 6) is -0.00398. The second-order valence-corrected chi connectivity index (χ2v) is 4.70. The van der Waals surface area contributed by atoms with E-state index in [0.717, 1.165) is 3.57 Å². The lowest BCUT2D eigenvalue weighted by Crippen LogP contribution is -2.15. The first kappa shape index (κ1) is 14.5. The van der Waals surface area contributed by atoms with Gasteiger partial charge in [0, 0.05) is 9.13 Å². The molecule has 6 heteroatoms. The highest BCUT2D eigenvalue weighted by Crippen LogP contribution is 2.28. The summed E-state index contributed by atoms with van der Waals surface area (Å²) < 4.78 is 10.8. The van der Waals surface area contributed by atoms with Crippen LogP contribution in [0.4, 0.5) is 0 Å². The van der Waals surface area contributed by atoms with Crippen LogP contribution in [0, 0.1) is 3.57 Å². The third-order valence-electron chi connectivity index (χ3n) is 1.92. The first-order valence-electron chi connectivity index (χ1n) is 4.95. The third-order valence-corrected chi connectivity index (χ3v) is 3.45. The number of esters is 1. The number of rotatable bonds is 5. The Labute approximate surface area is 118 Å². The lowest BCUT2D eigenvalue weighted by molar-refractivity contribution is -0.145. The quantitative estimate of drug-likeness (QED) is 0.639. The van der Waals surface area contributed by atoms with Crippen molar-refractivity contribution in [1.29, 1.82) is 0 Å². The number of halogens is 2. The van der Waals surface area contributed by atoms with Crippen LogP contribution in [0.25, 0.3) is 0 Å². The molecule has 0 spiro atoms. The van der Waals surface area contributed by atoms with Gasteiger partial charge in [-0.2, -0.15) is 0 Å². The highest BCUT2D eigenvalue weighted by molar-refractivity contribution is 14.1. The summed E-state index contributed by atoms with van der Waals surface area (Å²) in [5, 5.41) is 9.69. The van der Waals surface area contributed by atoms with E-state index in [2.05, 4.69) is 0 Å². The highest BCUT2D eigenvalue weighted by atomic mass is 127. The number of carbonyl (C=O) groups is 1. The van der Waals surface area contributed by atoms with Gasteiger partial charge in [0.05, 0.1) is 18.2 Å². The van der Waals surface area contributed by atoms with Gasteiger partial charge in [0.15, 0.2) is 6.61 Å². The average molecular weight is 371 g/mol. The molecular weight excluding hydrogens is 358 g/mol. The van der Waals surface area contributed by atoms with Crippen molar-refractivity contribution in [3.05, 3.63) is 26.3 Å². The van der Waals surface area contributed by atoms with E-state index >= 15 is 0 Å². The maximum absolute atomic E-state index is 11.1. The van der Waals surface area contributed by atoms with Crippen LogP contribution in [0.2, 0.25) is 5.02 Å². The van der Waals surface area contributed by atoms with Gasteiger partial charge in [-0.15, -0.1) is 0 Å². The molecule has 0 aliphatic heterocycles. The summed E-state index contributed by atoms with van der Waals surface area (Å²) in [6.45, 7) is 1.66. The SMILES string of the molecule is CCOC(=O)COc1cc(I)c(Cl)cc1CO. The van der Waals surface area contributed by atoms with Crippen LogP contribution in [-0.4, -0.2) is 24.3 Å². The Bertz CT molecular complexity index is 409. The van der Waals surface area contributed by atoms with Crippen molar-refractivity contribution in [3.63, 3.8) is 0 Å². The summed E-state index contributed by atoms with van der Waals surface area (Å²) in [6, 6.07) is 3.29. The molecule has 0 fully saturated rings. The predicted octanol–water partition coefficient (Wildman–Crippen LogP) is 2.38. The molecule has 4 nitrogen and oxygen atoms in total. The molecule has 0 aliphatic rings. The molecule has 0 bridgehead atoms. The zero-order valence-electron chi connectivity index (χ0n) is 9.20. The summed E-state index contributed by atoms with van der Waals surface area (Å²) in [7, 11) is 0. The van der Waals surface area contributed by atoms with E-state index in [1.165, 1.54) is 0 Å². The molecule has 94 valence electrons. The molecule has 0 amide bonds. The molecule has 0 atom stereocenters. The standard InChI is InChI=1S/C11H12ClIO4/c1-2-16-11(15)6-17-10-4-9(13)8(12)3-7(10)5-14/h3-4,14H,2,5-6H2,1H3. The van der Waals surface area contributed by atoms with Gasteiger partial charge in [0.2, 0.25) is 0 Å². The van der Waals surface area contributed by atoms with Crippen LogP contribution in [0.15, 0.2) is 12.1 Å². The average Bonchev–Trinajstić information content (AvgIpc) is 2.30. The van der Waals surface area contributed by atoms with Crippen molar-refractivity contribution in [2.45, 2.75) is 13.5 Å². The van der Waals surface area contributed by atoms with E-state index in [1.54, 1.807) is 19.1 Å².